The van der Waals surface area contributed by atoms with Crippen molar-refractivity contribution in [2.75, 3.05) is 21.3 Å². The van der Waals surface area contributed by atoms with Gasteiger partial charge in [0.15, 0.2) is 0 Å². The molecular weight excluding hydrogens is 239 g/mol. The monoisotopic (exact) mass is 251 g/mol. The Morgan fingerprint density at radius 3 is 1.25 bits per heavy atom. The second-order valence-corrected chi connectivity index (χ2v) is 13.7. The Balaban J connectivity index is 3.58. The third kappa shape index (κ3) is 2.40. The molecule has 0 bridgehead atoms. The third-order valence-corrected chi connectivity index (χ3v) is 11.9. The Hall–Kier alpha value is 0.827. The third-order valence-electron chi connectivity index (χ3n) is 0.841. The van der Waals surface area contributed by atoms with Gasteiger partial charge in [0.2, 0.25) is 0 Å². The molecule has 0 heterocycles. The van der Waals surface area contributed by atoms with E-state index in [1.807, 2.05) is 0 Å². The molecule has 0 aromatic carbocycles. The van der Waals surface area contributed by atoms with Crippen LogP contribution in [0.15, 0.2) is 0 Å². The Bertz CT molecular complexity index is 57.3. The predicted molar refractivity (Wildman–Crippen MR) is 31.0 cm³/mol. The maximum absolute atomic E-state index is 5.03. The van der Waals surface area contributed by atoms with Gasteiger partial charge in [0.05, 0.1) is 0 Å². The van der Waals surface area contributed by atoms with Crippen LogP contribution in [0.5, 0.6) is 0 Å². The first kappa shape index (κ1) is 8.83. The van der Waals surface area contributed by atoms with Crippen molar-refractivity contribution in [3.05, 3.63) is 0 Å². The van der Waals surface area contributed by atoms with Crippen LogP contribution in [-0.2, 0) is 9.20 Å². The summed E-state index contributed by atoms with van der Waals surface area (Å²) in [4.78, 5) is 0. The molecule has 0 amide bonds. The predicted octanol–water partition coefficient (Wildman–Crippen LogP) is -3.89. The fourth-order valence-corrected chi connectivity index (χ4v) is 1.27. The van der Waals surface area contributed by atoms with E-state index in [2.05, 4.69) is 0 Å². The van der Waals surface area contributed by atoms with Crippen molar-refractivity contribution >= 4 is 7.74 Å². The van der Waals surface area contributed by atoms with Crippen LogP contribution in [0, 0.1) is 0 Å². The molecule has 3 nitrogen and oxygen atoms in total. The summed E-state index contributed by atoms with van der Waals surface area (Å²) in [5, 5.41) is 0. The average molecular weight is 251 g/mol. The molecule has 0 radical (unpaired) electrons. The normalized spacial score (nSPS) is 14.4. The molecule has 0 aromatic heterocycles. The fraction of sp³-hybridized carbons (Fsp3) is 1.00. The number of rotatable bonds is 3. The van der Waals surface area contributed by atoms with E-state index in [-0.39, 0.29) is 0 Å². The quantitative estimate of drug-likeness (QED) is 0.292. The molecule has 0 fully saturated rings. The minimum absolute atomic E-state index is 0.884. The van der Waals surface area contributed by atoms with E-state index in [0.717, 1.165) is 7.74 Å². The molecule has 0 unspecified atom stereocenters. The second kappa shape index (κ2) is 3.78. The summed E-state index contributed by atoms with van der Waals surface area (Å²) in [6.45, 7) is 0. The van der Waals surface area contributed by atoms with Crippen molar-refractivity contribution in [2.45, 2.75) is 0 Å². The summed E-state index contributed by atoms with van der Waals surface area (Å²) in [5.74, 6) is 0. The zero-order valence-corrected chi connectivity index (χ0v) is 9.76. The SMILES string of the molecule is CO[I-]([SiH3])(OC)OC. The zero-order valence-electron chi connectivity index (χ0n) is 5.60. The van der Waals surface area contributed by atoms with Crippen LogP contribution in [0.4, 0.5) is 0 Å². The van der Waals surface area contributed by atoms with Gasteiger partial charge in [0, 0.05) is 0 Å². The first-order valence-electron chi connectivity index (χ1n) is 2.07. The summed E-state index contributed by atoms with van der Waals surface area (Å²) in [6.07, 6.45) is 0. The molecule has 0 saturated heterocycles. The second-order valence-electron chi connectivity index (χ2n) is 1.11. The molecule has 0 aliphatic carbocycles. The first-order chi connectivity index (χ1) is 3.68. The van der Waals surface area contributed by atoms with Gasteiger partial charge >= 0.3 is 57.2 Å². The van der Waals surface area contributed by atoms with Gasteiger partial charge in [-0.05, 0) is 0 Å². The van der Waals surface area contributed by atoms with Gasteiger partial charge in [-0.2, -0.15) is 0 Å². The summed E-state index contributed by atoms with van der Waals surface area (Å²) in [5.41, 5.74) is 0. The van der Waals surface area contributed by atoms with Crippen LogP contribution < -0.4 is 18.9 Å². The van der Waals surface area contributed by atoms with Gasteiger partial charge < -0.3 is 0 Å². The average Bonchev–Trinajstić information content (AvgIpc) is 1.87. The van der Waals surface area contributed by atoms with Crippen molar-refractivity contribution in [3.63, 3.8) is 0 Å². The van der Waals surface area contributed by atoms with Crippen LogP contribution >= 0.6 is 0 Å². The van der Waals surface area contributed by atoms with Crippen molar-refractivity contribution in [3.8, 4) is 0 Å². The Morgan fingerprint density at radius 2 is 1.25 bits per heavy atom. The van der Waals surface area contributed by atoms with E-state index in [1.54, 1.807) is 21.3 Å². The van der Waals surface area contributed by atoms with Gasteiger partial charge in [-0.1, -0.05) is 0 Å². The fourth-order valence-electron chi connectivity index (χ4n) is 0.189. The molecule has 0 aliphatic rings. The van der Waals surface area contributed by atoms with E-state index in [1.165, 1.54) is 0 Å². The van der Waals surface area contributed by atoms with Crippen LogP contribution in [0.1, 0.15) is 0 Å². The van der Waals surface area contributed by atoms with E-state index in [9.17, 15) is 0 Å². The number of halogens is 1. The summed E-state index contributed by atoms with van der Waals surface area (Å²) in [7, 11) is 5.79. The number of hydrogen-bond donors (Lipinski definition) is 0. The van der Waals surface area contributed by atoms with Gasteiger partial charge in [-0.15, -0.1) is 0 Å². The molecule has 0 atom stereocenters. The van der Waals surface area contributed by atoms with Gasteiger partial charge in [-0.25, -0.2) is 0 Å². The summed E-state index contributed by atoms with van der Waals surface area (Å²) < 4.78 is 15.1. The van der Waals surface area contributed by atoms with Crippen LogP contribution in [-0.4, -0.2) is 29.1 Å². The molecular formula is C3H12IO3Si-. The molecule has 54 valence electrons. The molecule has 0 aromatic rings. The Labute approximate surface area is 57.3 Å². The van der Waals surface area contributed by atoms with Gasteiger partial charge in [-0.3, -0.25) is 0 Å². The molecule has 0 N–H and O–H groups in total. The maximum atomic E-state index is 5.03. The summed E-state index contributed by atoms with van der Waals surface area (Å²) in [6, 6.07) is 0. The van der Waals surface area contributed by atoms with Crippen LogP contribution in [0.2, 0.25) is 0 Å². The molecule has 0 spiro atoms. The van der Waals surface area contributed by atoms with Crippen LogP contribution in [0.3, 0.4) is 0 Å². The standard InChI is InChI=1S/C3H12IO3Si/c1-5-4(8,6-2)7-3/h1-3,8H3/q-1. The van der Waals surface area contributed by atoms with E-state index in [4.69, 9.17) is 9.20 Å². The molecule has 0 saturated carbocycles. The number of hydrogen-bond acceptors (Lipinski definition) is 3. The molecule has 0 rings (SSSR count). The first-order valence-corrected chi connectivity index (χ1v) is 11.9. The zero-order chi connectivity index (χ0) is 6.62. The van der Waals surface area contributed by atoms with Crippen LogP contribution in [0.25, 0.3) is 0 Å². The van der Waals surface area contributed by atoms with E-state index < -0.39 is 18.9 Å². The molecule has 5 heteroatoms. The van der Waals surface area contributed by atoms with Crippen molar-refractivity contribution in [2.24, 2.45) is 0 Å². The van der Waals surface area contributed by atoms with E-state index in [0.29, 0.717) is 0 Å². The van der Waals surface area contributed by atoms with Crippen molar-refractivity contribution < 1.29 is 28.1 Å². The van der Waals surface area contributed by atoms with E-state index >= 15 is 0 Å². The Morgan fingerprint density at radius 1 is 1.00 bits per heavy atom. The summed E-state index contributed by atoms with van der Waals surface area (Å²) >= 11 is -2.42. The molecule has 0 aliphatic heterocycles. The topological polar surface area (TPSA) is 27.7 Å². The van der Waals surface area contributed by atoms with Crippen molar-refractivity contribution in [1.29, 1.82) is 0 Å². The van der Waals surface area contributed by atoms with Gasteiger partial charge in [0.25, 0.3) is 0 Å². The Kier molecular flexibility index (Phi) is 4.17. The van der Waals surface area contributed by atoms with Crippen molar-refractivity contribution in [1.82, 2.24) is 0 Å². The minimum atomic E-state index is -2.42. The van der Waals surface area contributed by atoms with Gasteiger partial charge in [0.1, 0.15) is 0 Å². The molecule has 8 heavy (non-hydrogen) atoms.